The lowest BCUT2D eigenvalue weighted by Crippen LogP contribution is -2.59. The van der Waals surface area contributed by atoms with Gasteiger partial charge in [0.2, 0.25) is 0 Å². The molecule has 0 spiro atoms. The van der Waals surface area contributed by atoms with Gasteiger partial charge in [-0.2, -0.15) is 0 Å². The highest BCUT2D eigenvalue weighted by atomic mass is 16.4. The van der Waals surface area contributed by atoms with Gasteiger partial charge in [-0.05, 0) is 25.7 Å². The van der Waals surface area contributed by atoms with Crippen molar-refractivity contribution in [1.82, 2.24) is 0 Å². The van der Waals surface area contributed by atoms with E-state index in [1.54, 1.807) is 0 Å². The lowest BCUT2D eigenvalue weighted by atomic mass is 9.46. The number of hydrogen-bond donors (Lipinski definition) is 2. The van der Waals surface area contributed by atoms with E-state index in [4.69, 9.17) is 10.2 Å². The van der Waals surface area contributed by atoms with Crippen LogP contribution in [0.2, 0.25) is 0 Å². The summed E-state index contributed by atoms with van der Waals surface area (Å²) in [7, 11) is 0. The molecule has 78 valence electrons. The van der Waals surface area contributed by atoms with E-state index in [9.17, 15) is 9.59 Å². The van der Waals surface area contributed by atoms with Gasteiger partial charge in [0.1, 0.15) is 0 Å². The van der Waals surface area contributed by atoms with Crippen LogP contribution >= 0.6 is 0 Å². The van der Waals surface area contributed by atoms with Gasteiger partial charge in [0, 0.05) is 0 Å². The number of aliphatic carboxylic acids is 2. The third-order valence-electron chi connectivity index (χ3n) is 4.15. The van der Waals surface area contributed by atoms with Crippen molar-refractivity contribution in [3.05, 3.63) is 0 Å². The van der Waals surface area contributed by atoms with E-state index in [2.05, 4.69) is 0 Å². The minimum absolute atomic E-state index is 0.536. The van der Waals surface area contributed by atoms with Gasteiger partial charge in [-0.15, -0.1) is 0 Å². The predicted octanol–water partition coefficient (Wildman–Crippen LogP) is 1.50. The molecule has 2 N–H and O–H groups in total. The molecule has 2 saturated carbocycles. The number of rotatable bonds is 3. The van der Waals surface area contributed by atoms with Crippen LogP contribution in [0.15, 0.2) is 0 Å². The lowest BCUT2D eigenvalue weighted by molar-refractivity contribution is -0.195. The maximum Gasteiger partial charge on any atom is 0.310 e. The summed E-state index contributed by atoms with van der Waals surface area (Å²) in [5, 5.41) is 18.3. The normalized spacial score (nSPS) is 27.1. The molecule has 0 heterocycles. The van der Waals surface area contributed by atoms with E-state index in [-0.39, 0.29) is 0 Å². The Kier molecular flexibility index (Phi) is 1.84. The molecule has 0 aliphatic heterocycles. The smallest absolute Gasteiger partial charge is 0.310 e. The van der Waals surface area contributed by atoms with Gasteiger partial charge >= 0.3 is 11.9 Å². The van der Waals surface area contributed by atoms with Gasteiger partial charge in [-0.1, -0.05) is 12.8 Å². The van der Waals surface area contributed by atoms with Crippen LogP contribution < -0.4 is 0 Å². The summed E-state index contributed by atoms with van der Waals surface area (Å²) in [6, 6.07) is 0. The monoisotopic (exact) mass is 198 g/mol. The first kappa shape index (κ1) is 9.49. The molecule has 0 aromatic carbocycles. The van der Waals surface area contributed by atoms with Crippen molar-refractivity contribution in [1.29, 1.82) is 0 Å². The summed E-state index contributed by atoms with van der Waals surface area (Å²) in [6.07, 6.45) is 3.84. The van der Waals surface area contributed by atoms with Crippen LogP contribution in [0.5, 0.6) is 0 Å². The largest absolute Gasteiger partial charge is 0.481 e. The molecule has 4 heteroatoms. The van der Waals surface area contributed by atoms with Crippen molar-refractivity contribution in [2.24, 2.45) is 10.8 Å². The van der Waals surface area contributed by atoms with Gasteiger partial charge in [-0.3, -0.25) is 9.59 Å². The molecule has 4 nitrogen and oxygen atoms in total. The summed E-state index contributed by atoms with van der Waals surface area (Å²) in [5.41, 5.74) is -1.89. The molecule has 2 fully saturated rings. The van der Waals surface area contributed by atoms with Crippen molar-refractivity contribution in [2.45, 2.75) is 38.5 Å². The Morgan fingerprint density at radius 1 is 0.786 bits per heavy atom. The Labute approximate surface area is 81.9 Å². The summed E-state index contributed by atoms with van der Waals surface area (Å²) in [5.74, 6) is -1.82. The van der Waals surface area contributed by atoms with E-state index in [1.165, 1.54) is 0 Å². The molecule has 0 aromatic heterocycles. The standard InChI is InChI=1S/C10H14O4/c11-7(12)9(3-1-4-9)10(8(13)14)5-2-6-10/h1-6H2,(H,11,12)(H,13,14). The quantitative estimate of drug-likeness (QED) is 0.720. The summed E-state index contributed by atoms with van der Waals surface area (Å²) in [4.78, 5) is 22.4. The Bertz CT molecular complexity index is 256. The fourth-order valence-corrected chi connectivity index (χ4v) is 2.85. The molecule has 0 amide bonds. The number of carboxylic acids is 2. The van der Waals surface area contributed by atoms with Crippen LogP contribution in [-0.4, -0.2) is 22.2 Å². The Morgan fingerprint density at radius 2 is 1.07 bits per heavy atom. The van der Waals surface area contributed by atoms with Crippen LogP contribution in [0.25, 0.3) is 0 Å². The predicted molar refractivity (Wildman–Crippen MR) is 47.8 cm³/mol. The van der Waals surface area contributed by atoms with E-state index in [1.807, 2.05) is 0 Å². The maximum absolute atomic E-state index is 11.2. The molecule has 0 unspecified atom stereocenters. The fraction of sp³-hybridized carbons (Fsp3) is 0.800. The third-order valence-corrected chi connectivity index (χ3v) is 4.15. The van der Waals surface area contributed by atoms with E-state index in [0.717, 1.165) is 12.8 Å². The van der Waals surface area contributed by atoms with Crippen molar-refractivity contribution in [3.8, 4) is 0 Å². The van der Waals surface area contributed by atoms with Crippen LogP contribution in [0.1, 0.15) is 38.5 Å². The summed E-state index contributed by atoms with van der Waals surface area (Å²) >= 11 is 0. The zero-order chi connectivity index (χ0) is 10.4. The topological polar surface area (TPSA) is 74.6 Å². The number of hydrogen-bond acceptors (Lipinski definition) is 2. The number of carboxylic acid groups (broad SMARTS) is 2. The molecule has 0 radical (unpaired) electrons. The molecule has 2 rings (SSSR count). The fourth-order valence-electron chi connectivity index (χ4n) is 2.85. The number of carbonyl (C=O) groups is 2. The molecule has 2 aliphatic carbocycles. The molecule has 0 atom stereocenters. The van der Waals surface area contributed by atoms with Crippen LogP contribution in [0.3, 0.4) is 0 Å². The molecule has 0 saturated heterocycles. The first-order valence-electron chi connectivity index (χ1n) is 5.02. The van der Waals surface area contributed by atoms with Crippen LogP contribution in [-0.2, 0) is 9.59 Å². The molecule has 0 aromatic rings. The second-order valence-electron chi connectivity index (χ2n) is 4.48. The molecular formula is C10H14O4. The summed E-state index contributed by atoms with van der Waals surface area (Å²) < 4.78 is 0. The highest BCUT2D eigenvalue weighted by Crippen LogP contribution is 2.63. The zero-order valence-electron chi connectivity index (χ0n) is 7.95. The van der Waals surface area contributed by atoms with E-state index >= 15 is 0 Å². The Balaban J connectivity index is 2.34. The van der Waals surface area contributed by atoms with Crippen molar-refractivity contribution < 1.29 is 19.8 Å². The minimum atomic E-state index is -0.947. The molecule has 0 bridgehead atoms. The van der Waals surface area contributed by atoms with Crippen molar-refractivity contribution in [3.63, 3.8) is 0 Å². The van der Waals surface area contributed by atoms with Gasteiger partial charge in [0.05, 0.1) is 10.8 Å². The average molecular weight is 198 g/mol. The van der Waals surface area contributed by atoms with Crippen molar-refractivity contribution in [2.75, 3.05) is 0 Å². The second-order valence-corrected chi connectivity index (χ2v) is 4.48. The van der Waals surface area contributed by atoms with Gasteiger partial charge in [0.25, 0.3) is 0 Å². The Hall–Kier alpha value is -1.06. The lowest BCUT2D eigenvalue weighted by Gasteiger charge is -2.55. The zero-order valence-corrected chi connectivity index (χ0v) is 7.95. The van der Waals surface area contributed by atoms with E-state index in [0.29, 0.717) is 25.7 Å². The van der Waals surface area contributed by atoms with Crippen LogP contribution in [0, 0.1) is 10.8 Å². The van der Waals surface area contributed by atoms with E-state index < -0.39 is 22.8 Å². The van der Waals surface area contributed by atoms with Gasteiger partial charge in [0.15, 0.2) is 0 Å². The summed E-state index contributed by atoms with van der Waals surface area (Å²) in [6.45, 7) is 0. The maximum atomic E-state index is 11.2. The molecule has 14 heavy (non-hydrogen) atoms. The second kappa shape index (κ2) is 2.72. The molecule has 2 aliphatic rings. The third kappa shape index (κ3) is 0.837. The minimum Gasteiger partial charge on any atom is -0.481 e. The highest BCUT2D eigenvalue weighted by Gasteiger charge is 2.66. The van der Waals surface area contributed by atoms with Gasteiger partial charge in [-0.25, -0.2) is 0 Å². The van der Waals surface area contributed by atoms with Crippen molar-refractivity contribution >= 4 is 11.9 Å². The Morgan fingerprint density at radius 3 is 1.14 bits per heavy atom. The van der Waals surface area contributed by atoms with Crippen LogP contribution in [0.4, 0.5) is 0 Å². The SMILES string of the molecule is O=C(O)C1(C2(C(=O)O)CCC2)CCC1. The van der Waals surface area contributed by atoms with Gasteiger partial charge < -0.3 is 10.2 Å². The molecular weight excluding hydrogens is 184 g/mol. The average Bonchev–Trinajstić information content (AvgIpc) is 1.89. The highest BCUT2D eigenvalue weighted by molar-refractivity contribution is 5.88. The first-order valence-corrected chi connectivity index (χ1v) is 5.02. The first-order chi connectivity index (χ1) is 6.55.